The second-order valence-electron chi connectivity index (χ2n) is 7.11. The molecule has 1 heterocycles. The van der Waals surface area contributed by atoms with Crippen molar-refractivity contribution in [3.05, 3.63) is 0 Å². The van der Waals surface area contributed by atoms with E-state index in [2.05, 4.69) is 10.6 Å². The van der Waals surface area contributed by atoms with E-state index in [1.807, 2.05) is 0 Å². The Morgan fingerprint density at radius 1 is 1.33 bits per heavy atom. The number of hydrogen-bond donors (Lipinski definition) is 3. The molecule has 136 valence electrons. The lowest BCUT2D eigenvalue weighted by molar-refractivity contribution is -0.138. The molecule has 1 aliphatic heterocycles. The van der Waals surface area contributed by atoms with E-state index in [0.29, 0.717) is 19.4 Å². The molecule has 0 bridgehead atoms. The number of nitrogens with two attached hydrogens (primary N) is 1. The number of carbonyl (C=O) groups excluding carboxylic acids is 3. The lowest BCUT2D eigenvalue weighted by Crippen LogP contribution is -2.52. The normalized spacial score (nSPS) is 29.5. The summed E-state index contributed by atoms with van der Waals surface area (Å²) in [5.41, 5.74) is 4.98. The van der Waals surface area contributed by atoms with E-state index in [-0.39, 0.29) is 36.2 Å². The molecular weight excluding hydrogens is 332 g/mol. The zero-order valence-corrected chi connectivity index (χ0v) is 14.9. The van der Waals surface area contributed by atoms with Gasteiger partial charge in [-0.2, -0.15) is 0 Å². The quantitative estimate of drug-likeness (QED) is 0.649. The molecule has 3 unspecified atom stereocenters. The van der Waals surface area contributed by atoms with E-state index in [1.165, 1.54) is 0 Å². The minimum Gasteiger partial charge on any atom is -0.351 e. The first-order valence-corrected chi connectivity index (χ1v) is 8.65. The molecule has 0 radical (unpaired) electrons. The SMILES string of the molecule is CC(C(=O)NC1CCCC1CN)N1C(=O)NC2(CCCC2)C1=O.Cl. The van der Waals surface area contributed by atoms with Crippen LogP contribution in [-0.2, 0) is 9.59 Å². The summed E-state index contributed by atoms with van der Waals surface area (Å²) in [5.74, 6) is -0.228. The molecule has 2 saturated carbocycles. The first-order valence-electron chi connectivity index (χ1n) is 8.65. The Kier molecular flexibility index (Phi) is 5.75. The lowest BCUT2D eigenvalue weighted by atomic mass is 9.97. The van der Waals surface area contributed by atoms with Crippen molar-refractivity contribution < 1.29 is 14.4 Å². The van der Waals surface area contributed by atoms with Crippen LogP contribution in [0.2, 0.25) is 0 Å². The van der Waals surface area contributed by atoms with E-state index in [1.54, 1.807) is 6.92 Å². The van der Waals surface area contributed by atoms with E-state index in [4.69, 9.17) is 5.73 Å². The number of nitrogens with one attached hydrogen (secondary N) is 2. The minimum atomic E-state index is -0.790. The number of halogens is 1. The zero-order valence-electron chi connectivity index (χ0n) is 14.0. The van der Waals surface area contributed by atoms with Crippen molar-refractivity contribution in [2.24, 2.45) is 11.7 Å². The van der Waals surface area contributed by atoms with Crippen molar-refractivity contribution >= 4 is 30.3 Å². The highest BCUT2D eigenvalue weighted by Gasteiger charge is 2.54. The number of imide groups is 1. The maximum Gasteiger partial charge on any atom is 0.325 e. The van der Waals surface area contributed by atoms with Gasteiger partial charge < -0.3 is 16.4 Å². The van der Waals surface area contributed by atoms with Gasteiger partial charge in [-0.15, -0.1) is 12.4 Å². The highest BCUT2D eigenvalue weighted by atomic mass is 35.5. The summed E-state index contributed by atoms with van der Waals surface area (Å²) in [7, 11) is 0. The molecular formula is C16H27ClN4O3. The van der Waals surface area contributed by atoms with Crippen LogP contribution in [0.15, 0.2) is 0 Å². The smallest absolute Gasteiger partial charge is 0.325 e. The van der Waals surface area contributed by atoms with Crippen LogP contribution in [0.4, 0.5) is 4.79 Å². The van der Waals surface area contributed by atoms with Gasteiger partial charge in [-0.25, -0.2) is 9.69 Å². The highest BCUT2D eigenvalue weighted by molar-refractivity contribution is 6.10. The average molecular weight is 359 g/mol. The van der Waals surface area contributed by atoms with Gasteiger partial charge >= 0.3 is 6.03 Å². The fraction of sp³-hybridized carbons (Fsp3) is 0.812. The predicted molar refractivity (Wildman–Crippen MR) is 91.6 cm³/mol. The van der Waals surface area contributed by atoms with E-state index in [9.17, 15) is 14.4 Å². The lowest BCUT2D eigenvalue weighted by Gasteiger charge is -2.26. The van der Waals surface area contributed by atoms with Crippen molar-refractivity contribution in [2.75, 3.05) is 6.54 Å². The van der Waals surface area contributed by atoms with Crippen molar-refractivity contribution in [1.29, 1.82) is 0 Å². The van der Waals surface area contributed by atoms with Crippen LogP contribution in [0.3, 0.4) is 0 Å². The van der Waals surface area contributed by atoms with Gasteiger partial charge in [0.25, 0.3) is 5.91 Å². The molecule has 8 heteroatoms. The van der Waals surface area contributed by atoms with E-state index >= 15 is 0 Å². The summed E-state index contributed by atoms with van der Waals surface area (Å²) in [5, 5.41) is 5.80. The molecule has 3 atom stereocenters. The number of amides is 4. The zero-order chi connectivity index (χ0) is 16.6. The molecule has 4 N–H and O–H groups in total. The molecule has 0 aromatic rings. The summed E-state index contributed by atoms with van der Waals surface area (Å²) in [6.07, 6.45) is 6.17. The average Bonchev–Trinajstić information content (AvgIpc) is 3.21. The summed E-state index contributed by atoms with van der Waals surface area (Å²) in [6.45, 7) is 2.17. The molecule has 24 heavy (non-hydrogen) atoms. The van der Waals surface area contributed by atoms with Gasteiger partial charge in [-0.3, -0.25) is 9.59 Å². The first-order chi connectivity index (χ1) is 11.0. The molecule has 3 fully saturated rings. The number of rotatable bonds is 4. The maximum absolute atomic E-state index is 12.7. The molecule has 0 aromatic carbocycles. The molecule has 7 nitrogen and oxygen atoms in total. The highest BCUT2D eigenvalue weighted by Crippen LogP contribution is 2.35. The third kappa shape index (κ3) is 3.11. The topological polar surface area (TPSA) is 105 Å². The summed E-state index contributed by atoms with van der Waals surface area (Å²) >= 11 is 0. The van der Waals surface area contributed by atoms with Gasteiger partial charge in [0, 0.05) is 6.04 Å². The Morgan fingerprint density at radius 3 is 2.62 bits per heavy atom. The van der Waals surface area contributed by atoms with Crippen LogP contribution in [0.5, 0.6) is 0 Å². The predicted octanol–water partition coefficient (Wildman–Crippen LogP) is 0.905. The van der Waals surface area contributed by atoms with Crippen molar-refractivity contribution in [3.8, 4) is 0 Å². The van der Waals surface area contributed by atoms with Crippen molar-refractivity contribution in [2.45, 2.75) is 69.5 Å². The van der Waals surface area contributed by atoms with Crippen LogP contribution >= 0.6 is 12.4 Å². The second-order valence-corrected chi connectivity index (χ2v) is 7.11. The van der Waals surface area contributed by atoms with Gasteiger partial charge in [0.1, 0.15) is 11.6 Å². The fourth-order valence-corrected chi connectivity index (χ4v) is 4.24. The molecule has 1 saturated heterocycles. The number of nitrogens with zero attached hydrogens (tertiary/aromatic N) is 1. The largest absolute Gasteiger partial charge is 0.351 e. The molecule has 0 aromatic heterocycles. The molecule has 3 aliphatic rings. The Bertz CT molecular complexity index is 521. The van der Waals surface area contributed by atoms with Crippen LogP contribution in [-0.4, -0.2) is 46.9 Å². The van der Waals surface area contributed by atoms with Gasteiger partial charge in [0.2, 0.25) is 5.91 Å². The Morgan fingerprint density at radius 2 is 2.00 bits per heavy atom. The fourth-order valence-electron chi connectivity index (χ4n) is 4.24. The third-order valence-corrected chi connectivity index (χ3v) is 5.71. The molecule has 1 spiro atoms. The van der Waals surface area contributed by atoms with Gasteiger partial charge in [0.15, 0.2) is 0 Å². The number of hydrogen-bond acceptors (Lipinski definition) is 4. The van der Waals surface area contributed by atoms with Gasteiger partial charge in [0.05, 0.1) is 0 Å². The maximum atomic E-state index is 12.7. The third-order valence-electron chi connectivity index (χ3n) is 5.71. The van der Waals surface area contributed by atoms with E-state index in [0.717, 1.165) is 37.0 Å². The summed E-state index contributed by atoms with van der Waals surface area (Å²) < 4.78 is 0. The number of carbonyl (C=O) groups is 3. The van der Waals surface area contributed by atoms with Crippen molar-refractivity contribution in [3.63, 3.8) is 0 Å². The Hall–Kier alpha value is -1.34. The monoisotopic (exact) mass is 358 g/mol. The van der Waals surface area contributed by atoms with Crippen LogP contribution in [0.1, 0.15) is 51.9 Å². The molecule has 4 amide bonds. The van der Waals surface area contributed by atoms with Gasteiger partial charge in [-0.1, -0.05) is 19.3 Å². The Labute approximate surface area is 148 Å². The second kappa shape index (κ2) is 7.27. The van der Waals surface area contributed by atoms with Crippen molar-refractivity contribution in [1.82, 2.24) is 15.5 Å². The first kappa shape index (κ1) is 19.0. The summed E-state index contributed by atoms with van der Waals surface area (Å²) in [4.78, 5) is 38.6. The van der Waals surface area contributed by atoms with E-state index < -0.39 is 17.6 Å². The minimum absolute atomic E-state index is 0. The Balaban J connectivity index is 0.00000208. The summed E-state index contributed by atoms with van der Waals surface area (Å²) in [6, 6.07) is -1.18. The van der Waals surface area contributed by atoms with Crippen LogP contribution in [0, 0.1) is 5.92 Å². The molecule has 3 rings (SSSR count). The number of urea groups is 1. The molecule has 2 aliphatic carbocycles. The van der Waals surface area contributed by atoms with Gasteiger partial charge in [-0.05, 0) is 45.1 Å². The van der Waals surface area contributed by atoms with Crippen LogP contribution < -0.4 is 16.4 Å². The van der Waals surface area contributed by atoms with Crippen LogP contribution in [0.25, 0.3) is 0 Å². The standard InChI is InChI=1S/C16H26N4O3.ClH/c1-10(13(21)18-12-6-4-5-11(12)9-17)20-14(22)16(19-15(20)23)7-2-3-8-16;/h10-12H,2-9,17H2,1H3,(H,18,21)(H,19,23);1H.